The maximum atomic E-state index is 14.1. The van der Waals surface area contributed by atoms with Gasteiger partial charge in [-0.05, 0) is 78.9 Å². The van der Waals surface area contributed by atoms with E-state index in [9.17, 15) is 13.2 Å². The first-order valence-corrected chi connectivity index (χ1v) is 13.4. The molecule has 6 nitrogen and oxygen atoms in total. The fourth-order valence-corrected chi connectivity index (χ4v) is 6.09. The molecule has 0 atom stereocenters. The number of aromatic nitrogens is 1. The number of carbonyl (C=O) groups is 1. The van der Waals surface area contributed by atoms with Crippen LogP contribution in [0.4, 0.5) is 11.4 Å². The van der Waals surface area contributed by atoms with E-state index in [1.165, 1.54) is 4.31 Å². The minimum Gasteiger partial charge on any atom is -0.325 e. The molecule has 7 heteroatoms. The van der Waals surface area contributed by atoms with Gasteiger partial charge >= 0.3 is 0 Å². The Kier molecular flexibility index (Phi) is 6.54. The summed E-state index contributed by atoms with van der Waals surface area (Å²) in [5.74, 6) is -0.432. The summed E-state index contributed by atoms with van der Waals surface area (Å²) in [4.78, 5) is 13.4. The first kappa shape index (κ1) is 24.3. The summed E-state index contributed by atoms with van der Waals surface area (Å²) in [6.07, 6.45) is 3.88. The van der Waals surface area contributed by atoms with Crippen LogP contribution in [0.2, 0.25) is 0 Å². The van der Waals surface area contributed by atoms with Crippen LogP contribution in [-0.2, 0) is 14.8 Å². The van der Waals surface area contributed by atoms with Crippen molar-refractivity contribution >= 4 is 38.1 Å². The number of sulfonamides is 1. The van der Waals surface area contributed by atoms with Gasteiger partial charge in [-0.15, -0.1) is 0 Å². The third kappa shape index (κ3) is 4.86. The molecule has 0 spiro atoms. The summed E-state index contributed by atoms with van der Waals surface area (Å²) >= 11 is 0. The van der Waals surface area contributed by atoms with Gasteiger partial charge < -0.3 is 9.88 Å². The molecule has 5 aromatic rings. The van der Waals surface area contributed by atoms with Gasteiger partial charge in [-0.25, -0.2) is 8.42 Å². The highest BCUT2D eigenvalue weighted by molar-refractivity contribution is 7.93. The highest BCUT2D eigenvalue weighted by Gasteiger charge is 2.30. The molecule has 0 saturated carbocycles. The maximum absolute atomic E-state index is 14.1. The van der Waals surface area contributed by atoms with Crippen LogP contribution in [0, 0.1) is 13.8 Å². The predicted octanol–water partition coefficient (Wildman–Crippen LogP) is 6.08. The molecule has 37 heavy (non-hydrogen) atoms. The number of nitrogens with zero attached hydrogens (tertiary/aromatic N) is 2. The predicted molar refractivity (Wildman–Crippen MR) is 149 cm³/mol. The molecular weight excluding hydrogens is 482 g/mol. The number of amides is 1. The van der Waals surface area contributed by atoms with Crippen LogP contribution in [0.15, 0.2) is 114 Å². The fraction of sp³-hybridized carbons (Fsp3) is 0.100. The van der Waals surface area contributed by atoms with Gasteiger partial charge in [0, 0.05) is 29.2 Å². The van der Waals surface area contributed by atoms with Crippen LogP contribution < -0.4 is 9.62 Å². The van der Waals surface area contributed by atoms with Crippen LogP contribution in [0.5, 0.6) is 0 Å². The highest BCUT2D eigenvalue weighted by Crippen LogP contribution is 2.32. The molecule has 0 radical (unpaired) electrons. The molecule has 0 aliphatic carbocycles. The Morgan fingerprint density at radius 1 is 0.811 bits per heavy atom. The van der Waals surface area contributed by atoms with Gasteiger partial charge in [-0.3, -0.25) is 9.10 Å². The summed E-state index contributed by atoms with van der Waals surface area (Å²) in [7, 11) is -4.07. The molecule has 1 N–H and O–H groups in total. The monoisotopic (exact) mass is 509 g/mol. The lowest BCUT2D eigenvalue weighted by Gasteiger charge is -2.27. The summed E-state index contributed by atoms with van der Waals surface area (Å²) in [6, 6.07) is 29.3. The lowest BCUT2D eigenvalue weighted by atomic mass is 10.1. The standard InChI is InChI=1S/C30H27N3O3S/c1-22-9-7-13-28(23(22)2)33(37(35,36)29-14-8-11-24-10-3-4-12-27(24)29)21-30(34)31-25-15-17-26(18-16-25)32-19-5-6-20-32/h3-20H,21H2,1-2H3,(H,31,34). The van der Waals surface area contributed by atoms with Gasteiger partial charge in [-0.1, -0.05) is 48.5 Å². The van der Waals surface area contributed by atoms with Gasteiger partial charge in [0.2, 0.25) is 5.91 Å². The highest BCUT2D eigenvalue weighted by atomic mass is 32.2. The first-order valence-electron chi connectivity index (χ1n) is 11.9. The van der Waals surface area contributed by atoms with Gasteiger partial charge in [0.1, 0.15) is 6.54 Å². The van der Waals surface area contributed by atoms with Crippen molar-refractivity contribution in [1.82, 2.24) is 4.57 Å². The van der Waals surface area contributed by atoms with E-state index in [2.05, 4.69) is 5.32 Å². The van der Waals surface area contributed by atoms with E-state index in [1.807, 2.05) is 85.4 Å². The number of carbonyl (C=O) groups excluding carboxylic acids is 1. The largest absolute Gasteiger partial charge is 0.325 e. The first-order chi connectivity index (χ1) is 17.8. The van der Waals surface area contributed by atoms with Crippen molar-refractivity contribution in [3.63, 3.8) is 0 Å². The second-order valence-electron chi connectivity index (χ2n) is 8.89. The summed E-state index contributed by atoms with van der Waals surface area (Å²) in [5, 5.41) is 4.28. The van der Waals surface area contributed by atoms with Crippen molar-refractivity contribution in [1.29, 1.82) is 0 Å². The van der Waals surface area contributed by atoms with Crippen LogP contribution in [0.3, 0.4) is 0 Å². The zero-order valence-electron chi connectivity index (χ0n) is 20.6. The van der Waals surface area contributed by atoms with E-state index in [-0.39, 0.29) is 11.4 Å². The molecule has 1 heterocycles. The van der Waals surface area contributed by atoms with E-state index < -0.39 is 15.9 Å². The number of hydrogen-bond acceptors (Lipinski definition) is 3. The number of nitrogens with one attached hydrogen (secondary N) is 1. The Morgan fingerprint density at radius 2 is 1.49 bits per heavy atom. The third-order valence-electron chi connectivity index (χ3n) is 6.50. The number of rotatable bonds is 7. The number of fused-ring (bicyclic) bond motifs is 1. The molecule has 0 aliphatic heterocycles. The lowest BCUT2D eigenvalue weighted by Crippen LogP contribution is -2.38. The molecular formula is C30H27N3O3S. The zero-order valence-corrected chi connectivity index (χ0v) is 21.4. The van der Waals surface area contributed by atoms with E-state index in [0.717, 1.165) is 22.2 Å². The number of hydrogen-bond donors (Lipinski definition) is 1. The second-order valence-corrected chi connectivity index (χ2v) is 10.7. The molecule has 186 valence electrons. The van der Waals surface area contributed by atoms with Gasteiger partial charge in [0.25, 0.3) is 10.0 Å². The molecule has 0 bridgehead atoms. The number of benzene rings is 4. The lowest BCUT2D eigenvalue weighted by molar-refractivity contribution is -0.114. The average molecular weight is 510 g/mol. The SMILES string of the molecule is Cc1cccc(N(CC(=O)Nc2ccc(-n3cccc3)cc2)S(=O)(=O)c2cccc3ccccc23)c1C. The van der Waals surface area contributed by atoms with Gasteiger partial charge in [0.15, 0.2) is 0 Å². The fourth-order valence-electron chi connectivity index (χ4n) is 4.40. The Bertz CT molecular complexity index is 1670. The Hall–Kier alpha value is -4.36. The van der Waals surface area contributed by atoms with Crippen molar-refractivity contribution in [2.75, 3.05) is 16.2 Å². The van der Waals surface area contributed by atoms with Gasteiger partial charge in [-0.2, -0.15) is 0 Å². The van der Waals surface area contributed by atoms with Crippen molar-refractivity contribution in [3.05, 3.63) is 121 Å². The van der Waals surface area contributed by atoms with Crippen LogP contribution >= 0.6 is 0 Å². The Balaban J connectivity index is 1.49. The van der Waals surface area contributed by atoms with E-state index in [4.69, 9.17) is 0 Å². The van der Waals surface area contributed by atoms with E-state index >= 15 is 0 Å². The second kappa shape index (κ2) is 9.95. The molecule has 1 amide bonds. The topological polar surface area (TPSA) is 71.4 Å². The molecule has 0 aliphatic rings. The van der Waals surface area contributed by atoms with Crippen molar-refractivity contribution in [3.8, 4) is 5.69 Å². The average Bonchev–Trinajstić information content (AvgIpc) is 3.44. The van der Waals surface area contributed by atoms with Crippen LogP contribution in [0.1, 0.15) is 11.1 Å². The molecule has 0 saturated heterocycles. The maximum Gasteiger partial charge on any atom is 0.265 e. The molecule has 4 aromatic carbocycles. The minimum absolute atomic E-state index is 0.162. The summed E-state index contributed by atoms with van der Waals surface area (Å²) < 4.78 is 31.4. The van der Waals surface area contributed by atoms with Crippen LogP contribution in [-0.4, -0.2) is 25.4 Å². The van der Waals surface area contributed by atoms with Crippen molar-refractivity contribution in [2.45, 2.75) is 18.7 Å². The molecule has 5 rings (SSSR count). The quantitative estimate of drug-likeness (QED) is 0.289. The van der Waals surface area contributed by atoms with Gasteiger partial charge in [0.05, 0.1) is 10.6 Å². The number of aryl methyl sites for hydroxylation is 1. The molecule has 0 unspecified atom stereocenters. The zero-order chi connectivity index (χ0) is 26.0. The number of anilines is 2. The van der Waals surface area contributed by atoms with E-state index in [1.54, 1.807) is 42.5 Å². The Morgan fingerprint density at radius 3 is 2.24 bits per heavy atom. The third-order valence-corrected chi connectivity index (χ3v) is 8.32. The van der Waals surface area contributed by atoms with Crippen molar-refractivity contribution in [2.24, 2.45) is 0 Å². The minimum atomic E-state index is -4.07. The normalized spacial score (nSPS) is 11.4. The molecule has 0 fully saturated rings. The summed E-state index contributed by atoms with van der Waals surface area (Å²) in [6.45, 7) is 3.43. The summed E-state index contributed by atoms with van der Waals surface area (Å²) in [5.41, 5.74) is 3.76. The van der Waals surface area contributed by atoms with Crippen LogP contribution in [0.25, 0.3) is 16.5 Å². The van der Waals surface area contributed by atoms with E-state index in [0.29, 0.717) is 16.8 Å². The Labute approximate surface area is 216 Å². The smallest absolute Gasteiger partial charge is 0.265 e. The van der Waals surface area contributed by atoms with Crippen molar-refractivity contribution < 1.29 is 13.2 Å². The molecule has 1 aromatic heterocycles.